The summed E-state index contributed by atoms with van der Waals surface area (Å²) in [6.45, 7) is 6.35. The van der Waals surface area contributed by atoms with Gasteiger partial charge in [0, 0.05) is 18.7 Å². The van der Waals surface area contributed by atoms with Crippen LogP contribution in [0.15, 0.2) is 18.2 Å². The van der Waals surface area contributed by atoms with Gasteiger partial charge in [-0.25, -0.2) is 9.18 Å². The first-order chi connectivity index (χ1) is 10.7. The molecular formula is C17H25FN2O3. The van der Waals surface area contributed by atoms with Crippen molar-refractivity contribution in [1.29, 1.82) is 0 Å². The Morgan fingerprint density at radius 3 is 2.65 bits per heavy atom. The van der Waals surface area contributed by atoms with E-state index in [1.54, 1.807) is 12.1 Å². The molecule has 0 radical (unpaired) electrons. The maximum atomic E-state index is 13.3. The lowest BCUT2D eigenvalue weighted by molar-refractivity contribution is 0.0382. The average Bonchev–Trinajstić information content (AvgIpc) is 2.38. The number of aromatic hydroxyl groups is 1. The third kappa shape index (κ3) is 4.82. The van der Waals surface area contributed by atoms with Gasteiger partial charge in [-0.3, -0.25) is 0 Å². The number of rotatable bonds is 5. The van der Waals surface area contributed by atoms with Crippen molar-refractivity contribution in [2.24, 2.45) is 0 Å². The number of carbonyl (C=O) groups excluding carboxylic acids is 1. The van der Waals surface area contributed by atoms with Crippen LogP contribution in [0.5, 0.6) is 5.75 Å². The van der Waals surface area contributed by atoms with Gasteiger partial charge >= 0.3 is 6.09 Å². The maximum absolute atomic E-state index is 13.3. The molecule has 23 heavy (non-hydrogen) atoms. The van der Waals surface area contributed by atoms with Gasteiger partial charge < -0.3 is 20.5 Å². The molecular weight excluding hydrogens is 299 g/mol. The Balaban J connectivity index is 1.87. The predicted octanol–water partition coefficient (Wildman–Crippen LogP) is 3.07. The summed E-state index contributed by atoms with van der Waals surface area (Å²) in [7, 11) is 0. The summed E-state index contributed by atoms with van der Waals surface area (Å²) in [6.07, 6.45) is 2.36. The number of carbonyl (C=O) groups is 1. The summed E-state index contributed by atoms with van der Waals surface area (Å²) in [5, 5.41) is 15.8. The van der Waals surface area contributed by atoms with Crippen LogP contribution in [0.2, 0.25) is 0 Å². The predicted molar refractivity (Wildman–Crippen MR) is 85.7 cm³/mol. The van der Waals surface area contributed by atoms with E-state index in [0.717, 1.165) is 19.3 Å². The number of amides is 1. The number of phenolic OH excluding ortho intramolecular Hbond substituents is 1. The van der Waals surface area contributed by atoms with Crippen molar-refractivity contribution >= 4 is 6.09 Å². The molecule has 0 atom stereocenters. The van der Waals surface area contributed by atoms with Gasteiger partial charge in [0.1, 0.15) is 5.60 Å². The topological polar surface area (TPSA) is 70.6 Å². The SMILES string of the molecule is CC(C)(C)OC(=O)NC1(CNCc2cccc(F)c2O)CCC1. The maximum Gasteiger partial charge on any atom is 0.408 e. The smallest absolute Gasteiger partial charge is 0.408 e. The molecule has 0 heterocycles. The Hall–Kier alpha value is -1.82. The highest BCUT2D eigenvalue weighted by Gasteiger charge is 2.39. The molecule has 1 saturated carbocycles. The van der Waals surface area contributed by atoms with E-state index in [4.69, 9.17) is 4.74 Å². The van der Waals surface area contributed by atoms with Gasteiger partial charge in [0.2, 0.25) is 0 Å². The second kappa shape index (κ2) is 6.74. The van der Waals surface area contributed by atoms with Crippen LogP contribution in [-0.2, 0) is 11.3 Å². The van der Waals surface area contributed by atoms with E-state index in [2.05, 4.69) is 10.6 Å². The number of hydrogen-bond donors (Lipinski definition) is 3. The number of benzene rings is 1. The summed E-state index contributed by atoms with van der Waals surface area (Å²) in [5.74, 6) is -0.961. The molecule has 1 aliphatic carbocycles. The molecule has 1 aromatic rings. The highest BCUT2D eigenvalue weighted by Crippen LogP contribution is 2.32. The fourth-order valence-electron chi connectivity index (χ4n) is 2.61. The van der Waals surface area contributed by atoms with Crippen LogP contribution in [-0.4, -0.2) is 28.9 Å². The Morgan fingerprint density at radius 2 is 2.09 bits per heavy atom. The Kier molecular flexibility index (Phi) is 5.14. The zero-order chi connectivity index (χ0) is 17.1. The van der Waals surface area contributed by atoms with Crippen molar-refractivity contribution in [2.45, 2.75) is 57.7 Å². The number of nitrogens with one attached hydrogen (secondary N) is 2. The highest BCUT2D eigenvalue weighted by atomic mass is 19.1. The molecule has 0 spiro atoms. The van der Waals surface area contributed by atoms with Gasteiger partial charge in [-0.05, 0) is 46.1 Å². The van der Waals surface area contributed by atoms with Crippen LogP contribution in [0.4, 0.5) is 9.18 Å². The molecule has 3 N–H and O–H groups in total. The van der Waals surface area contributed by atoms with E-state index in [0.29, 0.717) is 18.7 Å². The van der Waals surface area contributed by atoms with E-state index < -0.39 is 17.5 Å². The quantitative estimate of drug-likeness (QED) is 0.778. The Morgan fingerprint density at radius 1 is 1.39 bits per heavy atom. The van der Waals surface area contributed by atoms with Crippen LogP contribution in [0.3, 0.4) is 0 Å². The lowest BCUT2D eigenvalue weighted by Gasteiger charge is -2.42. The first kappa shape index (κ1) is 17.5. The fraction of sp³-hybridized carbons (Fsp3) is 0.588. The van der Waals surface area contributed by atoms with E-state index in [1.807, 2.05) is 20.8 Å². The number of phenols is 1. The van der Waals surface area contributed by atoms with Gasteiger partial charge in [0.25, 0.3) is 0 Å². The Bertz CT molecular complexity index is 565. The summed E-state index contributed by atoms with van der Waals surface area (Å²) in [4.78, 5) is 11.9. The number of halogens is 1. The van der Waals surface area contributed by atoms with Crippen molar-refractivity contribution in [3.05, 3.63) is 29.6 Å². The summed E-state index contributed by atoms with van der Waals surface area (Å²) >= 11 is 0. The van der Waals surface area contributed by atoms with Gasteiger partial charge in [0.05, 0.1) is 5.54 Å². The van der Waals surface area contributed by atoms with Crippen molar-refractivity contribution in [2.75, 3.05) is 6.54 Å². The van der Waals surface area contributed by atoms with Crippen molar-refractivity contribution in [3.63, 3.8) is 0 Å². The molecule has 0 saturated heterocycles. The number of alkyl carbamates (subject to hydrolysis) is 1. The first-order valence-electron chi connectivity index (χ1n) is 7.89. The van der Waals surface area contributed by atoms with E-state index in [1.165, 1.54) is 6.07 Å². The van der Waals surface area contributed by atoms with Crippen molar-refractivity contribution in [3.8, 4) is 5.75 Å². The summed E-state index contributed by atoms with van der Waals surface area (Å²) < 4.78 is 18.6. The van der Waals surface area contributed by atoms with Crippen LogP contribution < -0.4 is 10.6 Å². The van der Waals surface area contributed by atoms with Crippen molar-refractivity contribution in [1.82, 2.24) is 10.6 Å². The molecule has 0 unspecified atom stereocenters. The largest absolute Gasteiger partial charge is 0.505 e. The molecule has 2 rings (SSSR count). The fourth-order valence-corrected chi connectivity index (χ4v) is 2.61. The van der Waals surface area contributed by atoms with Crippen LogP contribution in [0.25, 0.3) is 0 Å². The van der Waals surface area contributed by atoms with Gasteiger partial charge in [-0.1, -0.05) is 12.1 Å². The third-order valence-corrected chi connectivity index (χ3v) is 3.93. The van der Waals surface area contributed by atoms with Gasteiger partial charge in [0.15, 0.2) is 11.6 Å². The van der Waals surface area contributed by atoms with Crippen molar-refractivity contribution < 1.29 is 19.0 Å². The second-order valence-corrected chi connectivity index (χ2v) is 7.11. The third-order valence-electron chi connectivity index (χ3n) is 3.93. The lowest BCUT2D eigenvalue weighted by atomic mass is 9.76. The molecule has 1 fully saturated rings. The molecule has 0 aliphatic heterocycles. The average molecular weight is 324 g/mol. The normalized spacial score (nSPS) is 16.5. The molecule has 1 aliphatic rings. The molecule has 0 bridgehead atoms. The molecule has 5 nitrogen and oxygen atoms in total. The highest BCUT2D eigenvalue weighted by molar-refractivity contribution is 5.69. The van der Waals surface area contributed by atoms with Crippen LogP contribution in [0, 0.1) is 5.82 Å². The van der Waals surface area contributed by atoms with Crippen LogP contribution >= 0.6 is 0 Å². The zero-order valence-electron chi connectivity index (χ0n) is 13.9. The van der Waals surface area contributed by atoms with E-state index >= 15 is 0 Å². The number of hydrogen-bond acceptors (Lipinski definition) is 4. The first-order valence-corrected chi connectivity index (χ1v) is 7.89. The summed E-state index contributed by atoms with van der Waals surface area (Å²) in [6, 6.07) is 4.45. The monoisotopic (exact) mass is 324 g/mol. The minimum atomic E-state index is -0.630. The second-order valence-electron chi connectivity index (χ2n) is 7.11. The standard InChI is InChI=1S/C17H25FN2O3/c1-16(2,3)23-15(22)20-17(8-5-9-17)11-19-10-12-6-4-7-13(18)14(12)21/h4,6-7,19,21H,5,8-11H2,1-3H3,(H,20,22). The number of para-hydroxylation sites is 1. The minimum absolute atomic E-state index is 0.328. The van der Waals surface area contributed by atoms with E-state index in [-0.39, 0.29) is 11.3 Å². The number of ether oxygens (including phenoxy) is 1. The van der Waals surface area contributed by atoms with E-state index in [9.17, 15) is 14.3 Å². The molecule has 1 amide bonds. The van der Waals surface area contributed by atoms with Crippen LogP contribution in [0.1, 0.15) is 45.6 Å². The Labute approximate surface area is 136 Å². The van der Waals surface area contributed by atoms with Gasteiger partial charge in [-0.2, -0.15) is 0 Å². The minimum Gasteiger partial charge on any atom is -0.505 e. The van der Waals surface area contributed by atoms with Gasteiger partial charge in [-0.15, -0.1) is 0 Å². The lowest BCUT2D eigenvalue weighted by Crippen LogP contribution is -2.59. The molecule has 0 aromatic heterocycles. The molecule has 128 valence electrons. The molecule has 1 aromatic carbocycles. The zero-order valence-corrected chi connectivity index (χ0v) is 13.9. The summed E-state index contributed by atoms with van der Waals surface area (Å²) in [5.41, 5.74) is -0.363. The molecule has 6 heteroatoms.